The molecule has 0 spiro atoms. The van der Waals surface area contributed by atoms with Crippen molar-refractivity contribution in [3.63, 3.8) is 0 Å². The third-order valence-corrected chi connectivity index (χ3v) is 12.0. The van der Waals surface area contributed by atoms with Gasteiger partial charge in [0.15, 0.2) is 5.78 Å². The summed E-state index contributed by atoms with van der Waals surface area (Å²) < 4.78 is 52.6. The van der Waals surface area contributed by atoms with Gasteiger partial charge in [-0.3, -0.25) is 9.78 Å². The Balaban J connectivity index is 0.000000480. The van der Waals surface area contributed by atoms with E-state index in [1.807, 2.05) is 71.9 Å². The van der Waals surface area contributed by atoms with Crippen LogP contribution < -0.4 is 0 Å². The SMILES string of the molecule is CCC(CC)C(=O)/C=C(\O)C(CC)CC.[2H]c1nc(-c2[c-]c3ccccc3c(C(C)(C)C)c2)c2sc(-c3c(C)cc(CC(C)(C)C)cc3C)c(C)c2c1C(F)(F)F.[Ir]. The van der Waals surface area contributed by atoms with E-state index in [-0.39, 0.29) is 59.7 Å². The maximum absolute atomic E-state index is 14.5. The predicted molar refractivity (Wildman–Crippen MR) is 232 cm³/mol. The number of rotatable bonds is 10. The van der Waals surface area contributed by atoms with Crippen LogP contribution in [0, 0.1) is 44.1 Å². The Morgan fingerprint density at radius 1 is 0.895 bits per heavy atom. The molecule has 0 aliphatic rings. The molecular formula is C49H61F3IrNO2S-. The number of aromatic nitrogens is 1. The Morgan fingerprint density at radius 3 is 1.96 bits per heavy atom. The summed E-state index contributed by atoms with van der Waals surface area (Å²) in [5.74, 6) is 0.547. The zero-order valence-electron chi connectivity index (χ0n) is 37.0. The summed E-state index contributed by atoms with van der Waals surface area (Å²) in [7, 11) is 0. The van der Waals surface area contributed by atoms with E-state index >= 15 is 0 Å². The Morgan fingerprint density at radius 2 is 1.46 bits per heavy atom. The summed E-state index contributed by atoms with van der Waals surface area (Å²) >= 11 is 1.34. The number of hydrogen-bond acceptors (Lipinski definition) is 4. The van der Waals surface area contributed by atoms with E-state index in [2.05, 4.69) is 64.7 Å². The molecule has 1 radical (unpaired) electrons. The molecule has 0 aliphatic carbocycles. The van der Waals surface area contributed by atoms with Gasteiger partial charge in [0, 0.05) is 64.8 Å². The van der Waals surface area contributed by atoms with Gasteiger partial charge in [-0.2, -0.15) is 13.2 Å². The van der Waals surface area contributed by atoms with Crippen LogP contribution in [0.2, 0.25) is 0 Å². The molecular weight excluding hydrogens is 916 g/mol. The van der Waals surface area contributed by atoms with Crippen molar-refractivity contribution < 1.29 is 44.5 Å². The van der Waals surface area contributed by atoms with Crippen LogP contribution in [-0.2, 0) is 42.9 Å². The van der Waals surface area contributed by atoms with E-state index in [0.29, 0.717) is 21.5 Å². The quantitative estimate of drug-likeness (QED) is 0.0862. The summed E-state index contributed by atoms with van der Waals surface area (Å²) in [4.78, 5) is 16.8. The Bertz CT molecular complexity index is 2250. The molecule has 8 heteroatoms. The van der Waals surface area contributed by atoms with Crippen molar-refractivity contribution in [1.82, 2.24) is 4.98 Å². The average molecular weight is 978 g/mol. The summed E-state index contributed by atoms with van der Waals surface area (Å²) in [6.07, 6.45) is 0.339. The molecule has 311 valence electrons. The number of halogens is 3. The zero-order chi connectivity index (χ0) is 42.8. The van der Waals surface area contributed by atoms with Crippen molar-refractivity contribution in [3.8, 4) is 21.7 Å². The van der Waals surface area contributed by atoms with Crippen molar-refractivity contribution >= 4 is 38.0 Å². The standard InChI is InChI=1S/C36H37F3NS.C13H24O2.Ir/c1-20-14-23(18-34(4,5)6)15-21(2)29(20)32-22(3)30-28(36(37,38)39)19-40-31(33(30)41-32)25-16-24-12-10-11-13-26(24)27(17-25)35(7,8)9;1-5-10(6-2)12(14)9-13(15)11(7-3)8-4;/h10-15,17,19H,18H2,1-9H3;9-11,14H,5-8H2,1-4H3;/q-1;;/b;12-9-;/i19D;;. The van der Waals surface area contributed by atoms with Gasteiger partial charge in [-0.1, -0.05) is 111 Å². The first kappa shape index (κ1) is 46.4. The molecule has 0 bridgehead atoms. The van der Waals surface area contributed by atoms with Crippen molar-refractivity contribution in [1.29, 1.82) is 0 Å². The van der Waals surface area contributed by atoms with Crippen LogP contribution in [0.25, 0.3) is 42.6 Å². The van der Waals surface area contributed by atoms with Gasteiger partial charge in [0.25, 0.3) is 0 Å². The molecule has 3 aromatic carbocycles. The minimum absolute atomic E-state index is 0. The first-order valence-electron chi connectivity index (χ1n) is 20.5. The first-order valence-corrected chi connectivity index (χ1v) is 20.8. The summed E-state index contributed by atoms with van der Waals surface area (Å²) in [5.41, 5.74) is 5.72. The van der Waals surface area contributed by atoms with E-state index in [9.17, 15) is 23.1 Å². The molecule has 2 aromatic heterocycles. The molecule has 5 aromatic rings. The monoisotopic (exact) mass is 978 g/mol. The molecule has 3 nitrogen and oxygen atoms in total. The van der Waals surface area contributed by atoms with Gasteiger partial charge in [0.1, 0.15) is 0 Å². The number of hydrogen-bond donors (Lipinski definition) is 1. The van der Waals surface area contributed by atoms with Crippen LogP contribution in [-0.4, -0.2) is 15.9 Å². The van der Waals surface area contributed by atoms with E-state index in [1.165, 1.54) is 23.0 Å². The van der Waals surface area contributed by atoms with Gasteiger partial charge in [-0.05, 0) is 91.5 Å². The molecule has 0 unspecified atom stereocenters. The van der Waals surface area contributed by atoms with Crippen molar-refractivity contribution in [2.75, 3.05) is 0 Å². The smallest absolute Gasteiger partial charge is 0.418 e. The van der Waals surface area contributed by atoms with Gasteiger partial charge in [0.05, 0.1) is 12.7 Å². The molecule has 0 amide bonds. The number of aliphatic hydroxyl groups is 1. The topological polar surface area (TPSA) is 50.2 Å². The molecule has 57 heavy (non-hydrogen) atoms. The fourth-order valence-corrected chi connectivity index (χ4v) is 9.20. The molecule has 0 aliphatic heterocycles. The number of allylic oxidation sites excluding steroid dienone is 2. The second kappa shape index (κ2) is 19.2. The number of ketones is 1. The van der Waals surface area contributed by atoms with Crippen molar-refractivity contribution in [2.45, 2.75) is 134 Å². The number of aliphatic hydroxyl groups excluding tert-OH is 1. The largest absolute Gasteiger partial charge is 0.512 e. The van der Waals surface area contributed by atoms with E-state index in [4.69, 9.17) is 1.37 Å². The molecule has 0 saturated carbocycles. The predicted octanol–water partition coefficient (Wildman–Crippen LogP) is 15.3. The van der Waals surface area contributed by atoms with E-state index in [0.717, 1.165) is 70.0 Å². The molecule has 1 N–H and O–H groups in total. The third-order valence-electron chi connectivity index (χ3n) is 10.6. The number of nitrogens with zero attached hydrogens (tertiary/aromatic N) is 1. The third kappa shape index (κ3) is 11.2. The van der Waals surface area contributed by atoms with Gasteiger partial charge in [0.2, 0.25) is 0 Å². The number of benzene rings is 3. The number of fused-ring (bicyclic) bond motifs is 2. The number of aryl methyl sites for hydroxylation is 3. The summed E-state index contributed by atoms with van der Waals surface area (Å²) in [6.45, 7) is 26.8. The Hall–Kier alpha value is -3.32. The minimum atomic E-state index is -4.71. The fraction of sp³-hybridized carbons (Fsp3) is 0.469. The molecule has 0 saturated heterocycles. The number of thiophene rings is 1. The minimum Gasteiger partial charge on any atom is -0.512 e. The van der Waals surface area contributed by atoms with Crippen LogP contribution in [0.5, 0.6) is 0 Å². The molecule has 2 heterocycles. The maximum Gasteiger partial charge on any atom is 0.418 e. The number of carbonyl (C=O) groups is 1. The summed E-state index contributed by atoms with van der Waals surface area (Å²) in [5, 5.41) is 11.7. The van der Waals surface area contributed by atoms with Crippen LogP contribution in [0.3, 0.4) is 0 Å². The summed E-state index contributed by atoms with van der Waals surface area (Å²) in [6, 6.07) is 17.7. The van der Waals surface area contributed by atoms with Crippen LogP contribution >= 0.6 is 11.3 Å². The van der Waals surface area contributed by atoms with Crippen molar-refractivity contribution in [2.24, 2.45) is 17.3 Å². The number of alkyl halides is 3. The number of pyridine rings is 1. The van der Waals surface area contributed by atoms with Crippen LogP contribution in [0.4, 0.5) is 13.2 Å². The average Bonchev–Trinajstić information content (AvgIpc) is 3.42. The Labute approximate surface area is 358 Å². The molecule has 0 atom stereocenters. The van der Waals surface area contributed by atoms with Crippen LogP contribution in [0.1, 0.15) is 130 Å². The van der Waals surface area contributed by atoms with Crippen LogP contribution in [0.15, 0.2) is 60.5 Å². The van der Waals surface area contributed by atoms with Gasteiger partial charge < -0.3 is 5.11 Å². The fourth-order valence-electron chi connectivity index (χ4n) is 7.71. The van der Waals surface area contributed by atoms with Gasteiger partial charge in [-0.25, -0.2) is 0 Å². The zero-order valence-corrected chi connectivity index (χ0v) is 39.2. The normalized spacial score (nSPS) is 12.9. The van der Waals surface area contributed by atoms with E-state index < -0.39 is 17.9 Å². The second-order valence-electron chi connectivity index (χ2n) is 17.4. The maximum atomic E-state index is 14.5. The molecule has 5 rings (SSSR count). The van der Waals surface area contributed by atoms with E-state index in [1.54, 1.807) is 6.92 Å². The van der Waals surface area contributed by atoms with Gasteiger partial charge in [-0.15, -0.1) is 40.5 Å². The Kier molecular flexibility index (Phi) is 15.6. The second-order valence-corrected chi connectivity index (χ2v) is 18.5. The van der Waals surface area contributed by atoms with Gasteiger partial charge >= 0.3 is 6.18 Å². The van der Waals surface area contributed by atoms with Crippen molar-refractivity contribution in [3.05, 3.63) is 99.9 Å². The first-order chi connectivity index (χ1) is 26.5. The number of carbonyl (C=O) groups excluding carboxylic acids is 1. The molecule has 0 fully saturated rings.